The first kappa shape index (κ1) is 22.3. The summed E-state index contributed by atoms with van der Waals surface area (Å²) >= 11 is 0. The van der Waals surface area contributed by atoms with Crippen LogP contribution in [0.1, 0.15) is 49.5 Å². The molecule has 3 N–H and O–H groups in total. The number of amidine groups is 1. The lowest BCUT2D eigenvalue weighted by atomic mass is 10.0. The van der Waals surface area contributed by atoms with Gasteiger partial charge in [0.05, 0.1) is 0 Å². The molecule has 0 radical (unpaired) electrons. The van der Waals surface area contributed by atoms with Crippen LogP contribution in [0.4, 0.5) is 0 Å². The molecule has 8 nitrogen and oxygen atoms in total. The zero-order valence-corrected chi connectivity index (χ0v) is 17.2. The van der Waals surface area contributed by atoms with Crippen molar-refractivity contribution < 1.29 is 19.2 Å². The van der Waals surface area contributed by atoms with E-state index in [9.17, 15) is 19.2 Å². The van der Waals surface area contributed by atoms with E-state index < -0.39 is 23.8 Å². The van der Waals surface area contributed by atoms with Crippen molar-refractivity contribution in [2.24, 2.45) is 16.8 Å². The van der Waals surface area contributed by atoms with E-state index in [2.05, 4.69) is 20.9 Å². The molecule has 1 aromatic carbocycles. The smallest absolute Gasteiger partial charge is 0.259 e. The van der Waals surface area contributed by atoms with Gasteiger partial charge in [0.2, 0.25) is 11.8 Å². The van der Waals surface area contributed by atoms with Gasteiger partial charge in [-0.15, -0.1) is 0 Å². The zero-order valence-electron chi connectivity index (χ0n) is 17.2. The fourth-order valence-corrected chi connectivity index (χ4v) is 2.93. The Bertz CT molecular complexity index is 832. The minimum absolute atomic E-state index is 0.189. The molecule has 0 saturated heterocycles. The Morgan fingerprint density at radius 3 is 2.52 bits per heavy atom. The van der Waals surface area contributed by atoms with Crippen LogP contribution < -0.4 is 16.0 Å². The van der Waals surface area contributed by atoms with Crippen LogP contribution in [0.2, 0.25) is 0 Å². The Hall–Kier alpha value is -3.03. The van der Waals surface area contributed by atoms with Gasteiger partial charge in [-0.1, -0.05) is 32.0 Å². The number of nitrogens with zero attached hydrogens (tertiary/aromatic N) is 1. The van der Waals surface area contributed by atoms with E-state index in [0.29, 0.717) is 12.0 Å². The molecule has 156 valence electrons. The molecule has 1 aliphatic rings. The molecule has 0 bridgehead atoms. The largest absolute Gasteiger partial charge is 0.354 e. The Labute approximate surface area is 170 Å². The molecule has 2 atom stereocenters. The molecule has 29 heavy (non-hydrogen) atoms. The summed E-state index contributed by atoms with van der Waals surface area (Å²) in [6.45, 7) is 7.47. The van der Waals surface area contributed by atoms with Crippen LogP contribution in [0.5, 0.6) is 0 Å². The molecular weight excluding hydrogens is 372 g/mol. The Morgan fingerprint density at radius 1 is 1.21 bits per heavy atom. The quantitative estimate of drug-likeness (QED) is 0.571. The number of nitrogens with one attached hydrogen (secondary N) is 3. The highest BCUT2D eigenvalue weighted by atomic mass is 16.2. The second-order valence-corrected chi connectivity index (χ2v) is 7.62. The van der Waals surface area contributed by atoms with Gasteiger partial charge in [0, 0.05) is 18.5 Å². The molecule has 0 aromatic heterocycles. The fraction of sp³-hybridized carbons (Fsp3) is 0.476. The molecule has 0 fully saturated rings. The summed E-state index contributed by atoms with van der Waals surface area (Å²) in [6, 6.07) is 6.50. The van der Waals surface area contributed by atoms with Crippen LogP contribution in [0.15, 0.2) is 29.3 Å². The highest BCUT2D eigenvalue weighted by molar-refractivity contribution is 6.15. The lowest BCUT2D eigenvalue weighted by Gasteiger charge is -2.21. The van der Waals surface area contributed by atoms with Gasteiger partial charge in [0.15, 0.2) is 0 Å². The SMILES string of the molecule is Cc1ccccc1C(=O)NC(CC(C)C)C(=O)NCCC1=NC(=O)C(C)C(=O)N1. The third-order valence-electron chi connectivity index (χ3n) is 4.66. The van der Waals surface area contributed by atoms with Gasteiger partial charge in [0.25, 0.3) is 11.8 Å². The second-order valence-electron chi connectivity index (χ2n) is 7.62. The third-order valence-corrected chi connectivity index (χ3v) is 4.66. The van der Waals surface area contributed by atoms with Gasteiger partial charge in [-0.2, -0.15) is 4.99 Å². The summed E-state index contributed by atoms with van der Waals surface area (Å²) in [5.41, 5.74) is 1.36. The average molecular weight is 400 g/mol. The van der Waals surface area contributed by atoms with Crippen LogP contribution in [-0.2, 0) is 14.4 Å². The van der Waals surface area contributed by atoms with Gasteiger partial charge < -0.3 is 16.0 Å². The molecule has 4 amide bonds. The Kier molecular flexibility index (Phi) is 7.64. The fourth-order valence-electron chi connectivity index (χ4n) is 2.93. The van der Waals surface area contributed by atoms with Gasteiger partial charge in [-0.25, -0.2) is 0 Å². The topological polar surface area (TPSA) is 117 Å². The molecular formula is C21H28N4O4. The van der Waals surface area contributed by atoms with Crippen molar-refractivity contribution in [2.75, 3.05) is 6.54 Å². The molecule has 2 unspecified atom stereocenters. The number of hydrogen-bond donors (Lipinski definition) is 3. The van der Waals surface area contributed by atoms with Crippen molar-refractivity contribution in [1.82, 2.24) is 16.0 Å². The van der Waals surface area contributed by atoms with E-state index >= 15 is 0 Å². The highest BCUT2D eigenvalue weighted by Gasteiger charge is 2.27. The van der Waals surface area contributed by atoms with Crippen LogP contribution in [0.3, 0.4) is 0 Å². The first-order valence-corrected chi connectivity index (χ1v) is 9.75. The first-order chi connectivity index (χ1) is 13.7. The number of carbonyl (C=O) groups excluding carboxylic acids is 4. The monoisotopic (exact) mass is 400 g/mol. The first-order valence-electron chi connectivity index (χ1n) is 9.75. The number of aryl methyl sites for hydroxylation is 1. The standard InChI is InChI=1S/C21H28N4O4/c1-12(2)11-16(23-20(28)15-8-6-5-7-13(15)3)21(29)22-10-9-17-24-18(26)14(4)19(27)25-17/h5-8,12,14,16H,9-11H2,1-4H3,(H,22,29)(H,23,28)(H,24,25,26,27). The van der Waals surface area contributed by atoms with Crippen LogP contribution in [0.25, 0.3) is 0 Å². The van der Waals surface area contributed by atoms with E-state index in [4.69, 9.17) is 0 Å². The average Bonchev–Trinajstić information content (AvgIpc) is 2.65. The summed E-state index contributed by atoms with van der Waals surface area (Å²) < 4.78 is 0. The number of amides is 4. The lowest BCUT2D eigenvalue weighted by molar-refractivity contribution is -0.132. The minimum Gasteiger partial charge on any atom is -0.354 e. The van der Waals surface area contributed by atoms with Crippen molar-refractivity contribution in [3.05, 3.63) is 35.4 Å². The molecule has 0 spiro atoms. The lowest BCUT2D eigenvalue weighted by Crippen LogP contribution is -2.49. The molecule has 8 heteroatoms. The molecule has 1 aromatic rings. The Balaban J connectivity index is 1.96. The van der Waals surface area contributed by atoms with Crippen molar-refractivity contribution in [3.63, 3.8) is 0 Å². The zero-order chi connectivity index (χ0) is 21.6. The van der Waals surface area contributed by atoms with Crippen LogP contribution in [0, 0.1) is 18.8 Å². The third kappa shape index (κ3) is 6.23. The number of carbonyl (C=O) groups is 4. The normalized spacial score (nSPS) is 17.4. The summed E-state index contributed by atoms with van der Waals surface area (Å²) in [5.74, 6) is -1.85. The molecule has 1 heterocycles. The maximum Gasteiger partial charge on any atom is 0.259 e. The van der Waals surface area contributed by atoms with E-state index in [-0.39, 0.29) is 36.5 Å². The maximum absolute atomic E-state index is 12.6. The van der Waals surface area contributed by atoms with Gasteiger partial charge in [0.1, 0.15) is 17.8 Å². The highest BCUT2D eigenvalue weighted by Crippen LogP contribution is 2.10. The summed E-state index contributed by atoms with van der Waals surface area (Å²) in [5, 5.41) is 8.12. The van der Waals surface area contributed by atoms with Crippen molar-refractivity contribution in [2.45, 2.75) is 46.6 Å². The van der Waals surface area contributed by atoms with E-state index in [0.717, 1.165) is 5.56 Å². The molecule has 0 aliphatic carbocycles. The maximum atomic E-state index is 12.6. The number of hydrogen-bond acceptors (Lipinski definition) is 4. The number of aliphatic imine (C=N–C) groups is 1. The van der Waals surface area contributed by atoms with Gasteiger partial charge in [-0.05, 0) is 37.8 Å². The van der Waals surface area contributed by atoms with Crippen molar-refractivity contribution >= 4 is 29.5 Å². The van der Waals surface area contributed by atoms with E-state index in [1.807, 2.05) is 32.9 Å². The summed E-state index contributed by atoms with van der Waals surface area (Å²) in [6.07, 6.45) is 0.702. The number of rotatable bonds is 8. The predicted octanol–water partition coefficient (Wildman–Crippen LogP) is 1.34. The van der Waals surface area contributed by atoms with Crippen LogP contribution in [-0.4, -0.2) is 42.1 Å². The second kappa shape index (κ2) is 9.95. The molecule has 0 saturated carbocycles. The molecule has 2 rings (SSSR count). The minimum atomic E-state index is -0.791. The summed E-state index contributed by atoms with van der Waals surface area (Å²) in [4.78, 5) is 52.4. The van der Waals surface area contributed by atoms with Gasteiger partial charge >= 0.3 is 0 Å². The number of benzene rings is 1. The molecule has 1 aliphatic heterocycles. The van der Waals surface area contributed by atoms with E-state index in [1.54, 1.807) is 12.1 Å². The van der Waals surface area contributed by atoms with Crippen molar-refractivity contribution in [3.8, 4) is 0 Å². The Morgan fingerprint density at radius 2 is 1.90 bits per heavy atom. The van der Waals surface area contributed by atoms with Gasteiger partial charge in [-0.3, -0.25) is 19.2 Å². The predicted molar refractivity (Wildman–Crippen MR) is 109 cm³/mol. The summed E-state index contributed by atoms with van der Waals surface area (Å²) in [7, 11) is 0. The van der Waals surface area contributed by atoms with Crippen molar-refractivity contribution in [1.29, 1.82) is 0 Å². The van der Waals surface area contributed by atoms with Crippen LogP contribution >= 0.6 is 0 Å². The van der Waals surface area contributed by atoms with E-state index in [1.165, 1.54) is 6.92 Å².